The Kier molecular flexibility index (Phi) is 3.82. The van der Waals surface area contributed by atoms with Crippen molar-refractivity contribution in [3.05, 3.63) is 23.7 Å². The van der Waals surface area contributed by atoms with Crippen molar-refractivity contribution in [1.29, 1.82) is 0 Å². The van der Waals surface area contributed by atoms with Crippen LogP contribution in [0, 0.1) is 19.3 Å². The number of carbonyl (C=O) groups is 1. The van der Waals surface area contributed by atoms with Gasteiger partial charge in [-0.05, 0) is 31.4 Å². The molecule has 0 fully saturated rings. The molecule has 0 bridgehead atoms. The molecular weight excluding hydrogens is 306 g/mol. The van der Waals surface area contributed by atoms with E-state index in [1.165, 1.54) is 0 Å². The number of anilines is 1. The molecule has 0 aliphatic rings. The van der Waals surface area contributed by atoms with E-state index in [0.29, 0.717) is 35.3 Å². The molecule has 0 radical (unpaired) electrons. The van der Waals surface area contributed by atoms with E-state index in [4.69, 9.17) is 0 Å². The second-order valence-corrected chi connectivity index (χ2v) is 7.09. The van der Waals surface area contributed by atoms with Crippen LogP contribution in [-0.2, 0) is 4.79 Å². The number of aromatic nitrogens is 6. The van der Waals surface area contributed by atoms with Crippen LogP contribution in [0.1, 0.15) is 38.7 Å². The van der Waals surface area contributed by atoms with Gasteiger partial charge in [0.1, 0.15) is 11.3 Å². The molecule has 3 aromatic rings. The van der Waals surface area contributed by atoms with E-state index in [2.05, 4.69) is 30.5 Å². The van der Waals surface area contributed by atoms with Crippen LogP contribution in [0.3, 0.4) is 0 Å². The highest BCUT2D eigenvalue weighted by Crippen LogP contribution is 2.24. The summed E-state index contributed by atoms with van der Waals surface area (Å²) in [5, 5.41) is 11.0. The van der Waals surface area contributed by atoms with E-state index in [1.807, 2.05) is 46.8 Å². The molecule has 0 aromatic carbocycles. The smallest absolute Gasteiger partial charge is 0.237 e. The number of fused-ring (bicyclic) bond motifs is 1. The Hall–Kier alpha value is -2.77. The van der Waals surface area contributed by atoms with Crippen molar-refractivity contribution < 1.29 is 4.79 Å². The third kappa shape index (κ3) is 3.27. The number of nitrogens with zero attached hydrogens (tertiary/aromatic N) is 5. The summed E-state index contributed by atoms with van der Waals surface area (Å²) >= 11 is 0. The number of imidazole rings is 1. The normalized spacial score (nSPS) is 11.9. The number of amides is 1. The number of hydrogen-bond donors (Lipinski definition) is 2. The van der Waals surface area contributed by atoms with Crippen molar-refractivity contribution in [2.45, 2.75) is 41.0 Å². The highest BCUT2D eigenvalue weighted by atomic mass is 16.1. The summed E-state index contributed by atoms with van der Waals surface area (Å²) in [6.45, 7) is 9.76. The van der Waals surface area contributed by atoms with Gasteiger partial charge in [0.25, 0.3) is 0 Å². The van der Waals surface area contributed by atoms with E-state index in [1.54, 1.807) is 4.57 Å². The summed E-state index contributed by atoms with van der Waals surface area (Å²) in [4.78, 5) is 24.4. The van der Waals surface area contributed by atoms with E-state index < -0.39 is 0 Å². The minimum absolute atomic E-state index is 0.105. The molecule has 8 heteroatoms. The fourth-order valence-corrected chi connectivity index (χ4v) is 2.42. The molecule has 24 heavy (non-hydrogen) atoms. The Morgan fingerprint density at radius 2 is 1.96 bits per heavy atom. The van der Waals surface area contributed by atoms with Gasteiger partial charge in [-0.2, -0.15) is 0 Å². The van der Waals surface area contributed by atoms with Crippen LogP contribution in [0.5, 0.6) is 0 Å². The predicted molar refractivity (Wildman–Crippen MR) is 91.0 cm³/mol. The van der Waals surface area contributed by atoms with Crippen molar-refractivity contribution in [2.24, 2.45) is 5.41 Å². The van der Waals surface area contributed by atoms with Crippen LogP contribution in [0.25, 0.3) is 17.1 Å². The number of pyridine rings is 1. The summed E-state index contributed by atoms with van der Waals surface area (Å²) in [5.74, 6) is 1.42. The molecule has 0 saturated carbocycles. The van der Waals surface area contributed by atoms with Crippen molar-refractivity contribution >= 4 is 23.0 Å². The van der Waals surface area contributed by atoms with Crippen molar-refractivity contribution in [3.63, 3.8) is 0 Å². The SMILES string of the molecule is Cc1ccc2nc(NC(=O)CC(C)(C)C)n(-c3nnc(C)[nH]3)c2n1. The standard InChI is InChI=1S/C16H21N7O/c1-9-6-7-11-13(17-9)23(15-18-10(2)21-22-15)14(19-11)20-12(24)8-16(3,4)5/h6-7H,8H2,1-5H3,(H,18,21,22)(H,19,20,24). The van der Waals surface area contributed by atoms with Gasteiger partial charge in [0.15, 0.2) is 5.65 Å². The Labute approximate surface area is 139 Å². The number of carbonyl (C=O) groups excluding carboxylic acids is 1. The number of aryl methyl sites for hydroxylation is 2. The zero-order valence-corrected chi connectivity index (χ0v) is 14.5. The van der Waals surface area contributed by atoms with Gasteiger partial charge in [-0.15, -0.1) is 10.2 Å². The quantitative estimate of drug-likeness (QED) is 0.769. The highest BCUT2D eigenvalue weighted by molar-refractivity contribution is 5.91. The van der Waals surface area contributed by atoms with Gasteiger partial charge in [0.2, 0.25) is 17.8 Å². The van der Waals surface area contributed by atoms with Crippen molar-refractivity contribution in [1.82, 2.24) is 29.7 Å². The molecule has 0 aliphatic carbocycles. The first-order valence-corrected chi connectivity index (χ1v) is 7.78. The van der Waals surface area contributed by atoms with Crippen molar-refractivity contribution in [3.8, 4) is 5.95 Å². The van der Waals surface area contributed by atoms with Gasteiger partial charge in [-0.3, -0.25) is 10.1 Å². The zero-order chi connectivity index (χ0) is 17.5. The second-order valence-electron chi connectivity index (χ2n) is 7.09. The van der Waals surface area contributed by atoms with Crippen molar-refractivity contribution in [2.75, 3.05) is 5.32 Å². The maximum absolute atomic E-state index is 12.3. The Morgan fingerprint density at radius 3 is 2.58 bits per heavy atom. The average molecular weight is 327 g/mol. The van der Waals surface area contributed by atoms with E-state index >= 15 is 0 Å². The lowest BCUT2D eigenvalue weighted by Gasteiger charge is -2.17. The molecule has 0 unspecified atom stereocenters. The average Bonchev–Trinajstić information content (AvgIpc) is 2.99. The molecule has 8 nitrogen and oxygen atoms in total. The molecular formula is C16H21N7O. The van der Waals surface area contributed by atoms with E-state index in [0.717, 1.165) is 5.69 Å². The molecule has 3 rings (SSSR count). The van der Waals surface area contributed by atoms with E-state index in [9.17, 15) is 4.79 Å². The first-order chi connectivity index (χ1) is 11.2. The Bertz CT molecular complexity index is 901. The van der Waals surface area contributed by atoms with Crippen LogP contribution in [0.4, 0.5) is 5.95 Å². The molecule has 1 amide bonds. The highest BCUT2D eigenvalue weighted by Gasteiger charge is 2.21. The van der Waals surface area contributed by atoms with Gasteiger partial charge in [-0.25, -0.2) is 14.5 Å². The largest absolute Gasteiger partial charge is 0.311 e. The second kappa shape index (κ2) is 5.70. The predicted octanol–water partition coefficient (Wildman–Crippen LogP) is 2.53. The van der Waals surface area contributed by atoms with Crippen LogP contribution >= 0.6 is 0 Å². The van der Waals surface area contributed by atoms with Gasteiger partial charge in [0, 0.05) is 12.1 Å². The van der Waals surface area contributed by atoms with Gasteiger partial charge in [0.05, 0.1) is 0 Å². The molecule has 2 N–H and O–H groups in total. The van der Waals surface area contributed by atoms with Gasteiger partial charge in [-0.1, -0.05) is 20.8 Å². The molecule has 126 valence electrons. The third-order valence-electron chi connectivity index (χ3n) is 3.39. The summed E-state index contributed by atoms with van der Waals surface area (Å²) in [7, 11) is 0. The number of rotatable bonds is 3. The van der Waals surface area contributed by atoms with Crippen LogP contribution in [0.2, 0.25) is 0 Å². The molecule has 3 heterocycles. The zero-order valence-electron chi connectivity index (χ0n) is 14.5. The number of hydrogen-bond acceptors (Lipinski definition) is 5. The lowest BCUT2D eigenvalue weighted by Crippen LogP contribution is -2.21. The van der Waals surface area contributed by atoms with Crippen LogP contribution < -0.4 is 5.32 Å². The Balaban J connectivity index is 2.08. The minimum Gasteiger partial charge on any atom is -0.311 e. The maximum Gasteiger partial charge on any atom is 0.237 e. The molecule has 0 spiro atoms. The maximum atomic E-state index is 12.3. The lowest BCUT2D eigenvalue weighted by atomic mass is 9.92. The summed E-state index contributed by atoms with van der Waals surface area (Å²) in [6, 6.07) is 3.75. The topological polar surface area (TPSA) is 101 Å². The third-order valence-corrected chi connectivity index (χ3v) is 3.39. The summed E-state index contributed by atoms with van der Waals surface area (Å²) in [5.41, 5.74) is 2.05. The fourth-order valence-electron chi connectivity index (χ4n) is 2.42. The summed E-state index contributed by atoms with van der Waals surface area (Å²) < 4.78 is 1.68. The molecule has 0 atom stereocenters. The van der Waals surface area contributed by atoms with Crippen LogP contribution in [-0.4, -0.2) is 35.6 Å². The lowest BCUT2D eigenvalue weighted by molar-refractivity contribution is -0.117. The summed E-state index contributed by atoms with van der Waals surface area (Å²) in [6.07, 6.45) is 0.387. The molecule has 0 saturated heterocycles. The van der Waals surface area contributed by atoms with Gasteiger partial charge < -0.3 is 4.98 Å². The first-order valence-electron chi connectivity index (χ1n) is 7.78. The monoisotopic (exact) mass is 327 g/mol. The van der Waals surface area contributed by atoms with Gasteiger partial charge >= 0.3 is 0 Å². The minimum atomic E-state index is -0.113. The van der Waals surface area contributed by atoms with E-state index in [-0.39, 0.29) is 11.3 Å². The molecule has 0 aliphatic heterocycles. The molecule has 3 aromatic heterocycles. The number of nitrogens with one attached hydrogen (secondary N) is 2. The first kappa shape index (κ1) is 16.1. The fraction of sp³-hybridized carbons (Fsp3) is 0.438. The Morgan fingerprint density at radius 1 is 1.21 bits per heavy atom. The number of H-pyrrole nitrogens is 1. The van der Waals surface area contributed by atoms with Crippen LogP contribution in [0.15, 0.2) is 12.1 Å². The number of aromatic amines is 1.